The number of aliphatic carboxylic acids is 1. The Hall–Kier alpha value is -1.30. The summed E-state index contributed by atoms with van der Waals surface area (Å²) in [5, 5.41) is 19.9. The highest BCUT2D eigenvalue weighted by Gasteiger charge is 2.23. The molecular formula is C7H12N2O4. The third-order valence-corrected chi connectivity index (χ3v) is 1.85. The van der Waals surface area contributed by atoms with Crippen molar-refractivity contribution in [1.29, 1.82) is 0 Å². The maximum absolute atomic E-state index is 11.1. The van der Waals surface area contributed by atoms with Crippen molar-refractivity contribution < 1.29 is 19.8 Å². The average molecular weight is 188 g/mol. The SMILES string of the molecule is O=C(O)C(O)CN1CCCNC1=O. The van der Waals surface area contributed by atoms with Gasteiger partial charge in [-0.2, -0.15) is 0 Å². The summed E-state index contributed by atoms with van der Waals surface area (Å²) in [4.78, 5) is 22.6. The molecule has 0 bridgehead atoms. The third kappa shape index (κ3) is 2.59. The van der Waals surface area contributed by atoms with E-state index in [1.165, 1.54) is 4.90 Å². The quantitative estimate of drug-likeness (QED) is 0.521. The lowest BCUT2D eigenvalue weighted by Crippen LogP contribution is -2.50. The molecule has 3 N–H and O–H groups in total. The number of hydrogen-bond donors (Lipinski definition) is 3. The Labute approximate surface area is 75.1 Å². The van der Waals surface area contributed by atoms with E-state index in [0.29, 0.717) is 13.1 Å². The van der Waals surface area contributed by atoms with E-state index in [1.807, 2.05) is 0 Å². The minimum atomic E-state index is -1.50. The van der Waals surface area contributed by atoms with Crippen molar-refractivity contribution in [2.75, 3.05) is 19.6 Å². The van der Waals surface area contributed by atoms with E-state index in [9.17, 15) is 9.59 Å². The van der Waals surface area contributed by atoms with Gasteiger partial charge in [0.15, 0.2) is 6.10 Å². The van der Waals surface area contributed by atoms with Crippen molar-refractivity contribution in [1.82, 2.24) is 10.2 Å². The fraction of sp³-hybridized carbons (Fsp3) is 0.714. The van der Waals surface area contributed by atoms with Crippen LogP contribution in [0.25, 0.3) is 0 Å². The Kier molecular flexibility index (Phi) is 3.07. The van der Waals surface area contributed by atoms with Crippen LogP contribution in [-0.2, 0) is 4.79 Å². The monoisotopic (exact) mass is 188 g/mol. The molecule has 0 radical (unpaired) electrons. The number of nitrogens with zero attached hydrogens (tertiary/aromatic N) is 1. The van der Waals surface area contributed by atoms with Crippen molar-refractivity contribution in [2.24, 2.45) is 0 Å². The predicted molar refractivity (Wildman–Crippen MR) is 43.2 cm³/mol. The van der Waals surface area contributed by atoms with Gasteiger partial charge in [-0.05, 0) is 6.42 Å². The number of rotatable bonds is 3. The molecule has 1 aliphatic rings. The van der Waals surface area contributed by atoms with Gasteiger partial charge >= 0.3 is 12.0 Å². The van der Waals surface area contributed by atoms with E-state index in [1.54, 1.807) is 0 Å². The highest BCUT2D eigenvalue weighted by atomic mass is 16.4. The van der Waals surface area contributed by atoms with Gasteiger partial charge in [-0.3, -0.25) is 0 Å². The number of urea groups is 1. The minimum absolute atomic E-state index is 0.152. The molecule has 6 heteroatoms. The Morgan fingerprint density at radius 1 is 1.69 bits per heavy atom. The topological polar surface area (TPSA) is 89.9 Å². The van der Waals surface area contributed by atoms with E-state index in [0.717, 1.165) is 6.42 Å². The zero-order valence-electron chi connectivity index (χ0n) is 7.06. The summed E-state index contributed by atoms with van der Waals surface area (Å²) in [6.45, 7) is 0.954. The lowest BCUT2D eigenvalue weighted by atomic mass is 10.3. The largest absolute Gasteiger partial charge is 0.479 e. The molecule has 2 amide bonds. The fourth-order valence-electron chi connectivity index (χ4n) is 1.14. The summed E-state index contributed by atoms with van der Waals surface area (Å²) in [6, 6.07) is -0.313. The van der Waals surface area contributed by atoms with Crippen molar-refractivity contribution >= 4 is 12.0 Å². The summed E-state index contributed by atoms with van der Waals surface area (Å²) in [7, 11) is 0. The van der Waals surface area contributed by atoms with Crippen molar-refractivity contribution in [3.05, 3.63) is 0 Å². The maximum Gasteiger partial charge on any atom is 0.334 e. The molecule has 13 heavy (non-hydrogen) atoms. The first-order valence-electron chi connectivity index (χ1n) is 4.05. The van der Waals surface area contributed by atoms with Gasteiger partial charge in [-0.25, -0.2) is 9.59 Å². The average Bonchev–Trinajstić information content (AvgIpc) is 2.08. The van der Waals surface area contributed by atoms with Crippen LogP contribution in [0.3, 0.4) is 0 Å². The van der Waals surface area contributed by atoms with Crippen LogP contribution in [0.15, 0.2) is 0 Å². The van der Waals surface area contributed by atoms with Crippen LogP contribution < -0.4 is 5.32 Å². The van der Waals surface area contributed by atoms with Gasteiger partial charge in [0.2, 0.25) is 0 Å². The molecule has 0 spiro atoms. The van der Waals surface area contributed by atoms with E-state index >= 15 is 0 Å². The molecule has 1 heterocycles. The van der Waals surface area contributed by atoms with Gasteiger partial charge in [-0.15, -0.1) is 0 Å². The molecule has 1 saturated heterocycles. The molecule has 6 nitrogen and oxygen atoms in total. The number of aliphatic hydroxyl groups excluding tert-OH is 1. The number of nitrogens with one attached hydrogen (secondary N) is 1. The molecule has 0 aliphatic carbocycles. The number of β-amino-alcohol motifs (C(OH)–C–C–N with tert-alkyl or cyclic N) is 1. The van der Waals surface area contributed by atoms with Crippen molar-refractivity contribution in [2.45, 2.75) is 12.5 Å². The second kappa shape index (κ2) is 4.08. The highest BCUT2D eigenvalue weighted by molar-refractivity contribution is 5.77. The molecule has 0 saturated carbocycles. The molecule has 74 valence electrons. The summed E-state index contributed by atoms with van der Waals surface area (Å²) in [5.41, 5.74) is 0. The standard InChI is InChI=1S/C7H12N2O4/c10-5(6(11)12)4-9-3-1-2-8-7(9)13/h5,10H,1-4H2,(H,8,13)(H,11,12). The molecule has 0 aromatic rings. The Morgan fingerprint density at radius 3 is 2.92 bits per heavy atom. The lowest BCUT2D eigenvalue weighted by Gasteiger charge is -2.28. The second-order valence-corrected chi connectivity index (χ2v) is 2.89. The van der Waals surface area contributed by atoms with Crippen LogP contribution in [0.5, 0.6) is 0 Å². The predicted octanol–water partition coefficient (Wildman–Crippen LogP) is -1.15. The summed E-state index contributed by atoms with van der Waals surface area (Å²) >= 11 is 0. The Bertz CT molecular complexity index is 219. The first-order chi connectivity index (χ1) is 6.11. The third-order valence-electron chi connectivity index (χ3n) is 1.85. The summed E-state index contributed by atoms with van der Waals surface area (Å²) in [6.07, 6.45) is -0.721. The van der Waals surface area contributed by atoms with Crippen LogP contribution in [0.4, 0.5) is 4.79 Å². The van der Waals surface area contributed by atoms with Gasteiger partial charge in [0.25, 0.3) is 0 Å². The molecule has 1 rings (SSSR count). The van der Waals surface area contributed by atoms with E-state index < -0.39 is 12.1 Å². The number of carbonyl (C=O) groups excluding carboxylic acids is 1. The molecule has 1 fully saturated rings. The molecule has 0 aromatic heterocycles. The van der Waals surface area contributed by atoms with Crippen LogP contribution in [0.1, 0.15) is 6.42 Å². The molecule has 1 aliphatic heterocycles. The number of carboxylic acids is 1. The van der Waals surface area contributed by atoms with Crippen LogP contribution in [-0.4, -0.2) is 52.9 Å². The number of aliphatic hydroxyl groups is 1. The molecule has 1 atom stereocenters. The first kappa shape index (κ1) is 9.79. The van der Waals surface area contributed by atoms with Gasteiger partial charge < -0.3 is 20.4 Å². The number of carboxylic acid groups (broad SMARTS) is 1. The number of carbonyl (C=O) groups is 2. The number of hydrogen-bond acceptors (Lipinski definition) is 3. The van der Waals surface area contributed by atoms with E-state index in [-0.39, 0.29) is 12.6 Å². The van der Waals surface area contributed by atoms with Crippen LogP contribution in [0.2, 0.25) is 0 Å². The number of amides is 2. The first-order valence-corrected chi connectivity index (χ1v) is 4.05. The Balaban J connectivity index is 2.42. The van der Waals surface area contributed by atoms with Gasteiger partial charge in [0.05, 0.1) is 6.54 Å². The van der Waals surface area contributed by atoms with Crippen LogP contribution in [0, 0.1) is 0 Å². The Morgan fingerprint density at radius 2 is 2.38 bits per heavy atom. The highest BCUT2D eigenvalue weighted by Crippen LogP contribution is 2.00. The second-order valence-electron chi connectivity index (χ2n) is 2.89. The summed E-state index contributed by atoms with van der Waals surface area (Å²) in [5.74, 6) is -1.31. The normalized spacial score (nSPS) is 19.5. The lowest BCUT2D eigenvalue weighted by molar-refractivity contribution is -0.147. The molecule has 0 aromatic carbocycles. The van der Waals surface area contributed by atoms with Gasteiger partial charge in [0.1, 0.15) is 0 Å². The van der Waals surface area contributed by atoms with Gasteiger partial charge in [-0.1, -0.05) is 0 Å². The smallest absolute Gasteiger partial charge is 0.334 e. The van der Waals surface area contributed by atoms with Crippen molar-refractivity contribution in [3.8, 4) is 0 Å². The van der Waals surface area contributed by atoms with E-state index in [4.69, 9.17) is 10.2 Å². The molecule has 1 unspecified atom stereocenters. The molecular weight excluding hydrogens is 176 g/mol. The maximum atomic E-state index is 11.1. The van der Waals surface area contributed by atoms with E-state index in [2.05, 4.69) is 5.32 Å². The minimum Gasteiger partial charge on any atom is -0.479 e. The summed E-state index contributed by atoms with van der Waals surface area (Å²) < 4.78 is 0. The zero-order chi connectivity index (χ0) is 9.84. The zero-order valence-corrected chi connectivity index (χ0v) is 7.06. The van der Waals surface area contributed by atoms with Gasteiger partial charge in [0, 0.05) is 13.1 Å². The fourth-order valence-corrected chi connectivity index (χ4v) is 1.14. The van der Waals surface area contributed by atoms with Crippen molar-refractivity contribution in [3.63, 3.8) is 0 Å². The van der Waals surface area contributed by atoms with Crippen LogP contribution >= 0.6 is 0 Å².